The van der Waals surface area contributed by atoms with Crippen LogP contribution >= 0.6 is 0 Å². The van der Waals surface area contributed by atoms with Crippen molar-refractivity contribution in [2.75, 3.05) is 13.1 Å². The standard InChI is InChI=1S/C20H27N5O/c26-20-6-5-18(16-3-4-16)22-25(20)13-15-7-10-23(11-8-15)14-17-12-21-24-9-1-2-19(17)24/h5-6,12,15-16H,1-4,7-11,13-14H2. The Bertz CT molecular complexity index is 842. The first-order valence-corrected chi connectivity index (χ1v) is 10.1. The Kier molecular flexibility index (Phi) is 4.15. The molecule has 6 nitrogen and oxygen atoms in total. The minimum absolute atomic E-state index is 0.0484. The molecule has 0 aromatic carbocycles. The summed E-state index contributed by atoms with van der Waals surface area (Å²) in [5.74, 6) is 1.16. The molecule has 2 fully saturated rings. The molecule has 0 bridgehead atoms. The molecule has 3 aliphatic rings. The third-order valence-electron chi connectivity index (χ3n) is 6.23. The highest BCUT2D eigenvalue weighted by Gasteiger charge is 2.27. The second-order valence-electron chi connectivity index (χ2n) is 8.22. The van der Waals surface area contributed by atoms with Crippen LogP contribution in [0.15, 0.2) is 23.1 Å². The first-order valence-electron chi connectivity index (χ1n) is 10.1. The first kappa shape index (κ1) is 16.2. The van der Waals surface area contributed by atoms with Gasteiger partial charge in [0.25, 0.3) is 5.56 Å². The average molecular weight is 353 g/mol. The average Bonchev–Trinajstić information content (AvgIpc) is 3.28. The van der Waals surface area contributed by atoms with E-state index in [2.05, 4.69) is 26.0 Å². The SMILES string of the molecule is O=c1ccc(C2CC2)nn1CC1CCN(Cc2cnn3c2CCC3)CC1. The number of likely N-dealkylation sites (tertiary alicyclic amines) is 1. The van der Waals surface area contributed by atoms with Gasteiger partial charge in [-0.25, -0.2) is 4.68 Å². The number of piperidine rings is 1. The van der Waals surface area contributed by atoms with Crippen LogP contribution in [-0.2, 0) is 26.1 Å². The Labute approximate surface area is 153 Å². The molecule has 0 spiro atoms. The van der Waals surface area contributed by atoms with Crippen molar-refractivity contribution >= 4 is 0 Å². The third-order valence-corrected chi connectivity index (χ3v) is 6.23. The van der Waals surface area contributed by atoms with Crippen molar-refractivity contribution in [3.63, 3.8) is 0 Å². The summed E-state index contributed by atoms with van der Waals surface area (Å²) in [5, 5.41) is 9.14. The van der Waals surface area contributed by atoms with Crippen molar-refractivity contribution in [1.82, 2.24) is 24.5 Å². The number of fused-ring (bicyclic) bond motifs is 1. The van der Waals surface area contributed by atoms with Crippen LogP contribution in [0.2, 0.25) is 0 Å². The van der Waals surface area contributed by atoms with Crippen molar-refractivity contribution < 1.29 is 0 Å². The highest BCUT2D eigenvalue weighted by molar-refractivity contribution is 5.20. The van der Waals surface area contributed by atoms with Gasteiger partial charge in [-0.2, -0.15) is 10.2 Å². The number of rotatable bonds is 5. The fourth-order valence-corrected chi connectivity index (χ4v) is 4.46. The fraction of sp³-hybridized carbons (Fsp3) is 0.650. The van der Waals surface area contributed by atoms with Crippen LogP contribution in [0.25, 0.3) is 0 Å². The van der Waals surface area contributed by atoms with Crippen molar-refractivity contribution in [2.24, 2.45) is 5.92 Å². The quantitative estimate of drug-likeness (QED) is 0.827. The van der Waals surface area contributed by atoms with Crippen molar-refractivity contribution in [2.45, 2.75) is 64.1 Å². The van der Waals surface area contributed by atoms with E-state index >= 15 is 0 Å². The molecule has 1 aliphatic carbocycles. The maximum absolute atomic E-state index is 12.2. The molecule has 2 aliphatic heterocycles. The van der Waals surface area contributed by atoms with E-state index in [4.69, 9.17) is 0 Å². The van der Waals surface area contributed by atoms with E-state index < -0.39 is 0 Å². The van der Waals surface area contributed by atoms with E-state index in [9.17, 15) is 4.79 Å². The largest absolute Gasteiger partial charge is 0.299 e. The summed E-state index contributed by atoms with van der Waals surface area (Å²) in [5.41, 5.74) is 4.01. The summed E-state index contributed by atoms with van der Waals surface area (Å²) in [7, 11) is 0. The van der Waals surface area contributed by atoms with Crippen LogP contribution in [0.5, 0.6) is 0 Å². The highest BCUT2D eigenvalue weighted by atomic mass is 16.1. The normalized spacial score (nSPS) is 21.2. The lowest BCUT2D eigenvalue weighted by Crippen LogP contribution is -2.36. The molecule has 0 amide bonds. The van der Waals surface area contributed by atoms with Gasteiger partial charge in [-0.15, -0.1) is 0 Å². The first-order chi connectivity index (χ1) is 12.8. The Morgan fingerprint density at radius 3 is 2.73 bits per heavy atom. The second-order valence-corrected chi connectivity index (χ2v) is 8.22. The maximum Gasteiger partial charge on any atom is 0.266 e. The highest BCUT2D eigenvalue weighted by Crippen LogP contribution is 2.38. The van der Waals surface area contributed by atoms with E-state index in [0.717, 1.165) is 51.3 Å². The summed E-state index contributed by atoms with van der Waals surface area (Å²) in [6.45, 7) is 5.09. The van der Waals surface area contributed by atoms with Crippen molar-refractivity contribution in [3.05, 3.63) is 45.6 Å². The van der Waals surface area contributed by atoms with E-state index in [1.54, 1.807) is 10.7 Å². The van der Waals surface area contributed by atoms with Crippen LogP contribution in [0.3, 0.4) is 0 Å². The van der Waals surface area contributed by atoms with E-state index in [1.807, 2.05) is 6.07 Å². The summed E-state index contributed by atoms with van der Waals surface area (Å²) >= 11 is 0. The zero-order chi connectivity index (χ0) is 17.5. The fourth-order valence-electron chi connectivity index (χ4n) is 4.46. The van der Waals surface area contributed by atoms with E-state index in [1.165, 1.54) is 36.9 Å². The van der Waals surface area contributed by atoms with Gasteiger partial charge in [0, 0.05) is 42.9 Å². The molecule has 0 atom stereocenters. The zero-order valence-electron chi connectivity index (χ0n) is 15.3. The topological polar surface area (TPSA) is 56.0 Å². The molecule has 0 N–H and O–H groups in total. The molecule has 6 heteroatoms. The van der Waals surface area contributed by atoms with Gasteiger partial charge in [-0.1, -0.05) is 0 Å². The van der Waals surface area contributed by atoms with Crippen LogP contribution in [0.4, 0.5) is 0 Å². The third kappa shape index (κ3) is 3.22. The van der Waals surface area contributed by atoms with E-state index in [-0.39, 0.29) is 5.56 Å². The lowest BCUT2D eigenvalue weighted by Gasteiger charge is -2.31. The van der Waals surface area contributed by atoms with Gasteiger partial charge >= 0.3 is 0 Å². The molecule has 26 heavy (non-hydrogen) atoms. The molecule has 0 radical (unpaired) electrons. The molecule has 2 aromatic heterocycles. The van der Waals surface area contributed by atoms with Crippen LogP contribution in [-0.4, -0.2) is 37.6 Å². The van der Waals surface area contributed by atoms with Gasteiger partial charge in [0.1, 0.15) is 0 Å². The van der Waals surface area contributed by atoms with Gasteiger partial charge in [0.05, 0.1) is 11.9 Å². The van der Waals surface area contributed by atoms with Gasteiger partial charge in [-0.05, 0) is 63.6 Å². The second kappa shape index (κ2) is 6.65. The molecular weight excluding hydrogens is 326 g/mol. The predicted molar refractivity (Wildman–Crippen MR) is 99.0 cm³/mol. The summed E-state index contributed by atoms with van der Waals surface area (Å²) in [4.78, 5) is 14.7. The van der Waals surface area contributed by atoms with Crippen LogP contribution in [0, 0.1) is 5.92 Å². The summed E-state index contributed by atoms with van der Waals surface area (Å²) in [6.07, 6.45) is 9.21. The van der Waals surface area contributed by atoms with Gasteiger partial charge in [-0.3, -0.25) is 14.4 Å². The van der Waals surface area contributed by atoms with Gasteiger partial charge < -0.3 is 0 Å². The van der Waals surface area contributed by atoms with Crippen molar-refractivity contribution in [3.8, 4) is 0 Å². The molecule has 1 saturated carbocycles. The van der Waals surface area contributed by atoms with Gasteiger partial charge in [0.15, 0.2) is 0 Å². The molecule has 5 rings (SSSR count). The molecule has 1 saturated heterocycles. The zero-order valence-corrected chi connectivity index (χ0v) is 15.3. The van der Waals surface area contributed by atoms with Crippen LogP contribution in [0.1, 0.15) is 55.0 Å². The Morgan fingerprint density at radius 1 is 1.08 bits per heavy atom. The number of hydrogen-bond acceptors (Lipinski definition) is 4. The minimum atomic E-state index is 0.0484. The Morgan fingerprint density at radius 2 is 1.92 bits per heavy atom. The van der Waals surface area contributed by atoms with Crippen molar-refractivity contribution in [1.29, 1.82) is 0 Å². The molecule has 138 valence electrons. The number of nitrogens with zero attached hydrogens (tertiary/aromatic N) is 5. The van der Waals surface area contributed by atoms with Gasteiger partial charge in [0.2, 0.25) is 0 Å². The van der Waals surface area contributed by atoms with E-state index in [0.29, 0.717) is 11.8 Å². The Balaban J connectivity index is 1.18. The lowest BCUT2D eigenvalue weighted by atomic mass is 9.96. The minimum Gasteiger partial charge on any atom is -0.299 e. The summed E-state index contributed by atoms with van der Waals surface area (Å²) < 4.78 is 3.89. The lowest BCUT2D eigenvalue weighted by molar-refractivity contribution is 0.163. The molecule has 4 heterocycles. The van der Waals surface area contributed by atoms with Crippen LogP contribution < -0.4 is 5.56 Å². The smallest absolute Gasteiger partial charge is 0.266 e. The molecule has 2 aromatic rings. The molecule has 0 unspecified atom stereocenters. The Hall–Kier alpha value is -1.95. The monoisotopic (exact) mass is 353 g/mol. The predicted octanol–water partition coefficient (Wildman–Crippen LogP) is 2.18. The number of aromatic nitrogens is 4. The molecular formula is C20H27N5O. The maximum atomic E-state index is 12.2. The summed E-state index contributed by atoms with van der Waals surface area (Å²) in [6, 6.07) is 3.62. The number of aryl methyl sites for hydroxylation is 1. The number of hydrogen-bond donors (Lipinski definition) is 0.